The van der Waals surface area contributed by atoms with Gasteiger partial charge in [0.25, 0.3) is 0 Å². The Labute approximate surface area is 147 Å². The third-order valence-corrected chi connectivity index (χ3v) is 4.43. The van der Waals surface area contributed by atoms with Crippen LogP contribution in [-0.4, -0.2) is 18.2 Å². The lowest BCUT2D eigenvalue weighted by Gasteiger charge is -2.23. The van der Waals surface area contributed by atoms with E-state index in [1.807, 2.05) is 32.9 Å². The molecule has 0 amide bonds. The normalized spacial score (nSPS) is 11.1. The Morgan fingerprint density at radius 2 is 1.90 bits per heavy atom. The molecule has 0 spiro atoms. The second kappa shape index (κ2) is 7.63. The fourth-order valence-electron chi connectivity index (χ4n) is 1.38. The first-order chi connectivity index (χ1) is 9.29. The molecule has 0 aliphatic carbocycles. The van der Waals surface area contributed by atoms with E-state index in [-0.39, 0.29) is 12.6 Å². The predicted molar refractivity (Wildman–Crippen MR) is 97.9 cm³/mol. The molecular weight excluding hydrogens is 482 g/mol. The molecule has 0 radical (unpaired) electrons. The number of halogens is 2. The van der Waals surface area contributed by atoms with Gasteiger partial charge in [0.1, 0.15) is 11.4 Å². The molecule has 0 N–H and O–H groups in total. The van der Waals surface area contributed by atoms with Crippen LogP contribution in [0.3, 0.4) is 0 Å². The van der Waals surface area contributed by atoms with Gasteiger partial charge in [-0.1, -0.05) is 19.6 Å². The van der Waals surface area contributed by atoms with Crippen molar-refractivity contribution in [1.82, 2.24) is 0 Å². The molecule has 0 unspecified atom stereocenters. The fourth-order valence-corrected chi connectivity index (χ4v) is 3.50. The Balaban J connectivity index is 2.71. The Hall–Kier alpha value is -0.310. The molecule has 0 saturated carbocycles. The van der Waals surface area contributed by atoms with Crippen LogP contribution in [0.5, 0.6) is 5.75 Å². The van der Waals surface area contributed by atoms with Crippen LogP contribution >= 0.6 is 45.2 Å². The van der Waals surface area contributed by atoms with Crippen molar-refractivity contribution in [2.45, 2.75) is 32.8 Å². The van der Waals surface area contributed by atoms with Gasteiger partial charge in [-0.05, 0) is 83.1 Å². The van der Waals surface area contributed by atoms with Gasteiger partial charge in [0.15, 0.2) is 6.61 Å². The summed E-state index contributed by atoms with van der Waals surface area (Å²) in [5.41, 5.74) is 0.578. The van der Waals surface area contributed by atoms with Gasteiger partial charge in [0.05, 0.1) is 7.14 Å². The molecule has 0 heterocycles. The molecule has 0 aliphatic heterocycles. The standard InChI is InChI=1S/C15H18I2O3/c1-5-10-7-11(16)14(12(17)8-10)19-9-13(18)20-15(3,4)6-2/h5,7-8H,1,6,9H2,2-4H3. The minimum atomic E-state index is -0.451. The van der Waals surface area contributed by atoms with Gasteiger partial charge in [-0.2, -0.15) is 0 Å². The Kier molecular flexibility index (Phi) is 6.77. The SMILES string of the molecule is C=Cc1cc(I)c(OCC(=O)OC(C)(C)CC)c(I)c1. The summed E-state index contributed by atoms with van der Waals surface area (Å²) in [5, 5.41) is 0. The van der Waals surface area contributed by atoms with Crippen LogP contribution in [0.2, 0.25) is 0 Å². The highest BCUT2D eigenvalue weighted by molar-refractivity contribution is 14.1. The molecule has 1 aromatic carbocycles. The highest BCUT2D eigenvalue weighted by Crippen LogP contribution is 2.29. The van der Waals surface area contributed by atoms with E-state index in [9.17, 15) is 4.79 Å². The molecule has 0 aromatic heterocycles. The maximum atomic E-state index is 11.8. The van der Waals surface area contributed by atoms with E-state index < -0.39 is 5.60 Å². The summed E-state index contributed by atoms with van der Waals surface area (Å²) >= 11 is 4.38. The monoisotopic (exact) mass is 500 g/mol. The molecule has 0 aliphatic rings. The van der Waals surface area contributed by atoms with Crippen molar-refractivity contribution in [3.63, 3.8) is 0 Å². The molecule has 1 rings (SSSR count). The zero-order chi connectivity index (χ0) is 15.3. The van der Waals surface area contributed by atoms with Gasteiger partial charge < -0.3 is 9.47 Å². The highest BCUT2D eigenvalue weighted by atomic mass is 127. The largest absolute Gasteiger partial charge is 0.480 e. The number of hydrogen-bond acceptors (Lipinski definition) is 3. The van der Waals surface area contributed by atoms with E-state index in [1.54, 1.807) is 6.08 Å². The smallest absolute Gasteiger partial charge is 0.344 e. The van der Waals surface area contributed by atoms with E-state index in [2.05, 4.69) is 51.8 Å². The molecule has 110 valence electrons. The van der Waals surface area contributed by atoms with Gasteiger partial charge >= 0.3 is 5.97 Å². The summed E-state index contributed by atoms with van der Waals surface area (Å²) in [6, 6.07) is 3.93. The number of carbonyl (C=O) groups excluding carboxylic acids is 1. The molecular formula is C15H18I2O3. The van der Waals surface area contributed by atoms with Gasteiger partial charge in [-0.3, -0.25) is 0 Å². The highest BCUT2D eigenvalue weighted by Gasteiger charge is 2.21. The van der Waals surface area contributed by atoms with Crippen molar-refractivity contribution < 1.29 is 14.3 Å². The molecule has 0 fully saturated rings. The van der Waals surface area contributed by atoms with E-state index in [0.717, 1.165) is 19.1 Å². The molecule has 0 bridgehead atoms. The predicted octanol–water partition coefficient (Wildman–Crippen LogP) is 4.65. The summed E-state index contributed by atoms with van der Waals surface area (Å²) in [6.45, 7) is 9.42. The molecule has 0 saturated heterocycles. The first-order valence-corrected chi connectivity index (χ1v) is 8.41. The van der Waals surface area contributed by atoms with Crippen molar-refractivity contribution >= 4 is 57.2 Å². The van der Waals surface area contributed by atoms with Crippen LogP contribution in [0.25, 0.3) is 6.08 Å². The second-order valence-corrected chi connectivity index (χ2v) is 7.22. The third kappa shape index (κ3) is 5.23. The number of hydrogen-bond donors (Lipinski definition) is 0. The van der Waals surface area contributed by atoms with E-state index in [1.165, 1.54) is 0 Å². The lowest BCUT2D eigenvalue weighted by atomic mass is 10.1. The van der Waals surface area contributed by atoms with Crippen LogP contribution in [0.4, 0.5) is 0 Å². The topological polar surface area (TPSA) is 35.5 Å². The lowest BCUT2D eigenvalue weighted by Crippen LogP contribution is -2.30. The van der Waals surface area contributed by atoms with E-state index >= 15 is 0 Å². The minimum Gasteiger partial charge on any atom is -0.480 e. The molecule has 5 heteroatoms. The first-order valence-electron chi connectivity index (χ1n) is 6.25. The number of esters is 1. The summed E-state index contributed by atoms with van der Waals surface area (Å²) < 4.78 is 12.8. The zero-order valence-corrected chi connectivity index (χ0v) is 16.1. The second-order valence-electron chi connectivity index (χ2n) is 4.89. The number of rotatable bonds is 6. The summed E-state index contributed by atoms with van der Waals surface area (Å²) in [5.74, 6) is 0.360. The van der Waals surface area contributed by atoms with Crippen molar-refractivity contribution in [1.29, 1.82) is 0 Å². The van der Waals surface area contributed by atoms with Crippen molar-refractivity contribution in [3.8, 4) is 5.75 Å². The van der Waals surface area contributed by atoms with Gasteiger partial charge in [0, 0.05) is 0 Å². The Morgan fingerprint density at radius 1 is 1.35 bits per heavy atom. The van der Waals surface area contributed by atoms with Crippen LogP contribution < -0.4 is 4.74 Å². The Morgan fingerprint density at radius 3 is 2.35 bits per heavy atom. The van der Waals surface area contributed by atoms with Crippen LogP contribution in [-0.2, 0) is 9.53 Å². The van der Waals surface area contributed by atoms with Crippen molar-refractivity contribution in [3.05, 3.63) is 31.4 Å². The van der Waals surface area contributed by atoms with Gasteiger partial charge in [0.2, 0.25) is 0 Å². The number of ether oxygens (including phenoxy) is 2. The average molecular weight is 500 g/mol. The van der Waals surface area contributed by atoms with Gasteiger partial charge in [-0.25, -0.2) is 4.79 Å². The summed E-state index contributed by atoms with van der Waals surface area (Å²) in [7, 11) is 0. The maximum Gasteiger partial charge on any atom is 0.344 e. The minimum absolute atomic E-state index is 0.0805. The number of carbonyl (C=O) groups is 1. The van der Waals surface area contributed by atoms with Crippen molar-refractivity contribution in [2.24, 2.45) is 0 Å². The number of benzene rings is 1. The third-order valence-electron chi connectivity index (χ3n) is 2.83. The van der Waals surface area contributed by atoms with E-state index in [4.69, 9.17) is 9.47 Å². The van der Waals surface area contributed by atoms with Crippen LogP contribution in [0.15, 0.2) is 18.7 Å². The Bertz CT molecular complexity index is 487. The summed E-state index contributed by atoms with van der Waals surface area (Å²) in [4.78, 5) is 11.8. The van der Waals surface area contributed by atoms with Gasteiger partial charge in [-0.15, -0.1) is 0 Å². The molecule has 20 heavy (non-hydrogen) atoms. The van der Waals surface area contributed by atoms with Crippen LogP contribution in [0.1, 0.15) is 32.8 Å². The first kappa shape index (κ1) is 17.7. The van der Waals surface area contributed by atoms with Crippen molar-refractivity contribution in [2.75, 3.05) is 6.61 Å². The van der Waals surface area contributed by atoms with E-state index in [0.29, 0.717) is 5.75 Å². The zero-order valence-electron chi connectivity index (χ0n) is 11.8. The maximum absolute atomic E-state index is 11.8. The summed E-state index contributed by atoms with van der Waals surface area (Å²) in [6.07, 6.45) is 2.55. The average Bonchev–Trinajstić information content (AvgIpc) is 2.36. The quantitative estimate of drug-likeness (QED) is 0.422. The molecule has 1 aromatic rings. The molecule has 0 atom stereocenters. The molecule has 3 nitrogen and oxygen atoms in total. The lowest BCUT2D eigenvalue weighted by molar-refractivity contribution is -0.159. The van der Waals surface area contributed by atoms with Crippen LogP contribution in [0, 0.1) is 7.14 Å². The fraction of sp³-hybridized carbons (Fsp3) is 0.400.